The molecule has 1 aliphatic heterocycles. The fraction of sp³-hybridized carbons (Fsp3) is 0.267. The number of benzene rings is 1. The summed E-state index contributed by atoms with van der Waals surface area (Å²) >= 11 is 5.98. The lowest BCUT2D eigenvalue weighted by atomic mass is 10.1. The zero-order valence-corrected chi connectivity index (χ0v) is 13.2. The van der Waals surface area contributed by atoms with E-state index in [-0.39, 0.29) is 41.8 Å². The SMILES string of the molecule is O=C1CN(c2c(Cl)cn[nH]c2=O)CCN1Cc1ccc(F)cc1F. The van der Waals surface area contributed by atoms with Gasteiger partial charge in [-0.15, -0.1) is 0 Å². The van der Waals surface area contributed by atoms with Crippen molar-refractivity contribution in [2.24, 2.45) is 0 Å². The van der Waals surface area contributed by atoms with E-state index in [0.717, 1.165) is 12.1 Å². The van der Waals surface area contributed by atoms with Crippen molar-refractivity contribution in [3.8, 4) is 0 Å². The summed E-state index contributed by atoms with van der Waals surface area (Å²) in [4.78, 5) is 27.2. The highest BCUT2D eigenvalue weighted by Crippen LogP contribution is 2.22. The van der Waals surface area contributed by atoms with Crippen molar-refractivity contribution in [1.29, 1.82) is 0 Å². The molecule has 1 aromatic heterocycles. The lowest BCUT2D eigenvalue weighted by Gasteiger charge is -2.35. The second-order valence-corrected chi connectivity index (χ2v) is 5.78. The maximum absolute atomic E-state index is 13.7. The monoisotopic (exact) mass is 354 g/mol. The Morgan fingerprint density at radius 2 is 2.04 bits per heavy atom. The van der Waals surface area contributed by atoms with E-state index >= 15 is 0 Å². The Hall–Kier alpha value is -2.48. The molecule has 1 aromatic carbocycles. The van der Waals surface area contributed by atoms with Crippen molar-refractivity contribution in [2.45, 2.75) is 6.54 Å². The number of H-pyrrole nitrogens is 1. The summed E-state index contributed by atoms with van der Waals surface area (Å²) in [5.41, 5.74) is -0.0565. The van der Waals surface area contributed by atoms with Gasteiger partial charge in [0.25, 0.3) is 5.56 Å². The van der Waals surface area contributed by atoms with Gasteiger partial charge in [0.2, 0.25) is 5.91 Å². The van der Waals surface area contributed by atoms with Crippen molar-refractivity contribution in [2.75, 3.05) is 24.5 Å². The van der Waals surface area contributed by atoms with E-state index in [1.807, 2.05) is 0 Å². The number of amides is 1. The zero-order chi connectivity index (χ0) is 17.3. The number of carbonyl (C=O) groups is 1. The molecule has 1 aliphatic rings. The number of rotatable bonds is 3. The van der Waals surface area contributed by atoms with Crippen LogP contribution in [0.5, 0.6) is 0 Å². The average Bonchev–Trinajstić information content (AvgIpc) is 2.52. The number of carbonyl (C=O) groups excluding carboxylic acids is 1. The molecular weight excluding hydrogens is 342 g/mol. The van der Waals surface area contributed by atoms with Crippen LogP contribution in [0, 0.1) is 11.6 Å². The second-order valence-electron chi connectivity index (χ2n) is 5.37. The summed E-state index contributed by atoms with van der Waals surface area (Å²) in [5, 5.41) is 6.01. The van der Waals surface area contributed by atoms with Gasteiger partial charge in [-0.3, -0.25) is 9.59 Å². The van der Waals surface area contributed by atoms with E-state index < -0.39 is 17.2 Å². The van der Waals surface area contributed by atoms with E-state index in [0.29, 0.717) is 6.54 Å². The molecular formula is C15H13ClF2N4O2. The quantitative estimate of drug-likeness (QED) is 0.908. The summed E-state index contributed by atoms with van der Waals surface area (Å²) in [6.07, 6.45) is 1.29. The minimum atomic E-state index is -0.696. The van der Waals surface area contributed by atoms with Crippen molar-refractivity contribution in [3.05, 3.63) is 57.0 Å². The van der Waals surface area contributed by atoms with Gasteiger partial charge in [-0.1, -0.05) is 17.7 Å². The molecule has 0 atom stereocenters. The minimum Gasteiger partial charge on any atom is -0.355 e. The third-order valence-corrected chi connectivity index (χ3v) is 4.07. The van der Waals surface area contributed by atoms with E-state index in [2.05, 4.69) is 10.2 Å². The van der Waals surface area contributed by atoms with E-state index in [1.165, 1.54) is 17.2 Å². The molecule has 0 spiro atoms. The molecule has 1 fully saturated rings. The molecule has 126 valence electrons. The van der Waals surface area contributed by atoms with Gasteiger partial charge in [0, 0.05) is 31.3 Å². The maximum Gasteiger partial charge on any atom is 0.289 e. The number of hydrogen-bond donors (Lipinski definition) is 1. The highest BCUT2D eigenvalue weighted by Gasteiger charge is 2.27. The number of anilines is 1. The van der Waals surface area contributed by atoms with Gasteiger partial charge in [0.05, 0.1) is 17.8 Å². The molecule has 0 bridgehead atoms. The van der Waals surface area contributed by atoms with Crippen LogP contribution in [0.1, 0.15) is 5.56 Å². The predicted molar refractivity (Wildman–Crippen MR) is 83.9 cm³/mol. The van der Waals surface area contributed by atoms with E-state index in [9.17, 15) is 18.4 Å². The maximum atomic E-state index is 13.7. The lowest BCUT2D eigenvalue weighted by molar-refractivity contribution is -0.131. The largest absolute Gasteiger partial charge is 0.355 e. The normalized spacial score (nSPS) is 15.0. The van der Waals surface area contributed by atoms with Gasteiger partial charge < -0.3 is 9.80 Å². The number of nitrogens with one attached hydrogen (secondary N) is 1. The molecule has 0 saturated carbocycles. The number of aromatic amines is 1. The third kappa shape index (κ3) is 3.23. The number of piperazine rings is 1. The Bertz CT molecular complexity index is 842. The number of aromatic nitrogens is 2. The predicted octanol–water partition coefficient (Wildman–Crippen LogP) is 1.55. The van der Waals surface area contributed by atoms with Gasteiger partial charge >= 0.3 is 0 Å². The van der Waals surface area contributed by atoms with Crippen LogP contribution in [0.15, 0.2) is 29.2 Å². The first kappa shape index (κ1) is 16.4. The lowest BCUT2D eigenvalue weighted by Crippen LogP contribution is -2.51. The summed E-state index contributed by atoms with van der Waals surface area (Å²) in [7, 11) is 0. The minimum absolute atomic E-state index is 0.0409. The molecule has 6 nitrogen and oxygen atoms in total. The van der Waals surface area contributed by atoms with Crippen LogP contribution in [0.2, 0.25) is 5.02 Å². The second kappa shape index (κ2) is 6.56. The summed E-state index contributed by atoms with van der Waals surface area (Å²) in [6, 6.07) is 3.25. The van der Waals surface area contributed by atoms with Gasteiger partial charge in [-0.2, -0.15) is 5.10 Å². The van der Waals surface area contributed by atoms with Crippen molar-refractivity contribution < 1.29 is 13.6 Å². The van der Waals surface area contributed by atoms with Gasteiger partial charge in [0.1, 0.15) is 17.3 Å². The van der Waals surface area contributed by atoms with Crippen LogP contribution < -0.4 is 10.5 Å². The Kier molecular flexibility index (Phi) is 4.48. The van der Waals surface area contributed by atoms with Crippen LogP contribution >= 0.6 is 11.6 Å². The Balaban J connectivity index is 1.74. The zero-order valence-electron chi connectivity index (χ0n) is 12.4. The molecule has 0 aliphatic carbocycles. The van der Waals surface area contributed by atoms with Gasteiger partial charge in [-0.05, 0) is 6.07 Å². The first-order valence-electron chi connectivity index (χ1n) is 7.15. The van der Waals surface area contributed by atoms with Crippen LogP contribution in [0.3, 0.4) is 0 Å². The first-order chi connectivity index (χ1) is 11.5. The van der Waals surface area contributed by atoms with Crippen molar-refractivity contribution in [1.82, 2.24) is 15.1 Å². The number of hydrogen-bond acceptors (Lipinski definition) is 4. The van der Waals surface area contributed by atoms with E-state index in [1.54, 1.807) is 4.90 Å². The standard InChI is InChI=1S/C15H13ClF2N4O2/c16-11-6-19-20-15(24)14(11)22-4-3-21(13(23)8-22)7-9-1-2-10(17)5-12(9)18/h1-2,5-6H,3-4,7-8H2,(H,20,24). The Morgan fingerprint density at radius 3 is 2.71 bits per heavy atom. The highest BCUT2D eigenvalue weighted by atomic mass is 35.5. The molecule has 1 N–H and O–H groups in total. The average molecular weight is 355 g/mol. The van der Waals surface area contributed by atoms with Crippen LogP contribution in [0.4, 0.5) is 14.5 Å². The third-order valence-electron chi connectivity index (χ3n) is 3.80. The highest BCUT2D eigenvalue weighted by molar-refractivity contribution is 6.33. The smallest absolute Gasteiger partial charge is 0.289 e. The molecule has 2 heterocycles. The fourth-order valence-corrected chi connectivity index (χ4v) is 2.84. The van der Waals surface area contributed by atoms with Gasteiger partial charge in [-0.25, -0.2) is 13.9 Å². The topological polar surface area (TPSA) is 69.3 Å². The number of nitrogens with zero attached hydrogens (tertiary/aromatic N) is 3. The van der Waals surface area contributed by atoms with Crippen molar-refractivity contribution in [3.63, 3.8) is 0 Å². The van der Waals surface area contributed by atoms with Gasteiger partial charge in [0.15, 0.2) is 0 Å². The summed E-state index contributed by atoms with van der Waals surface area (Å²) < 4.78 is 26.7. The molecule has 2 aromatic rings. The van der Waals surface area contributed by atoms with Crippen LogP contribution in [-0.2, 0) is 11.3 Å². The van der Waals surface area contributed by atoms with Crippen molar-refractivity contribution >= 4 is 23.2 Å². The first-order valence-corrected chi connectivity index (χ1v) is 7.53. The Morgan fingerprint density at radius 1 is 1.25 bits per heavy atom. The molecule has 1 saturated heterocycles. The number of halogens is 3. The molecule has 0 unspecified atom stereocenters. The molecule has 24 heavy (non-hydrogen) atoms. The fourth-order valence-electron chi connectivity index (χ4n) is 2.59. The molecule has 0 radical (unpaired) electrons. The Labute approximate surface area is 140 Å². The molecule has 9 heteroatoms. The van der Waals surface area contributed by atoms with Crippen LogP contribution in [-0.4, -0.2) is 40.6 Å². The molecule has 1 amide bonds. The summed E-state index contributed by atoms with van der Waals surface area (Å²) in [5.74, 6) is -1.64. The van der Waals surface area contributed by atoms with E-state index in [4.69, 9.17) is 11.6 Å². The molecule has 3 rings (SSSR count). The van der Waals surface area contributed by atoms with Crippen LogP contribution in [0.25, 0.3) is 0 Å². The summed E-state index contributed by atoms with van der Waals surface area (Å²) in [6.45, 7) is 0.629.